The summed E-state index contributed by atoms with van der Waals surface area (Å²) < 4.78 is 48.1. The molecule has 2 aromatic carbocycles. The summed E-state index contributed by atoms with van der Waals surface area (Å²) in [6, 6.07) is 13.1. The van der Waals surface area contributed by atoms with Gasteiger partial charge in [-0.15, -0.1) is 0 Å². The van der Waals surface area contributed by atoms with Crippen LogP contribution in [0.5, 0.6) is 5.75 Å². The van der Waals surface area contributed by atoms with Crippen LogP contribution in [0.4, 0.5) is 18.9 Å². The third-order valence-corrected chi connectivity index (χ3v) is 6.35. The van der Waals surface area contributed by atoms with Crippen LogP contribution in [0, 0.1) is 0 Å². The van der Waals surface area contributed by atoms with Crippen molar-refractivity contribution in [1.29, 1.82) is 0 Å². The summed E-state index contributed by atoms with van der Waals surface area (Å²) in [6.07, 6.45) is -2.29. The number of anilines is 1. The number of alkyl halides is 3. The Morgan fingerprint density at radius 3 is 2.49 bits per heavy atom. The standard InChI is InChI=1S/C28H33F3N4O2/c1-17(2)37-24-12-7-6-11-22(24)33-26(36)23-16-20(21-13-14-35(34-21)27(3,4)5)25(32-23)18-9-8-10-19(15-18)28(29,30)31/h6-15,17,20,23,25,32H,16H2,1-5H3,(H,33,36)/t20-,23-,25-/m0/s1. The molecule has 0 aliphatic carbocycles. The van der Waals surface area contributed by atoms with Crippen LogP contribution in [0.2, 0.25) is 0 Å². The van der Waals surface area contributed by atoms with Gasteiger partial charge in [-0.3, -0.25) is 14.8 Å². The molecular formula is C28H33F3N4O2. The van der Waals surface area contributed by atoms with Crippen LogP contribution in [0.25, 0.3) is 0 Å². The fourth-order valence-electron chi connectivity index (χ4n) is 4.56. The molecule has 1 aliphatic heterocycles. The number of para-hydroxylation sites is 2. The maximum atomic E-state index is 13.5. The minimum absolute atomic E-state index is 0.0738. The second-order valence-corrected chi connectivity index (χ2v) is 10.7. The van der Waals surface area contributed by atoms with E-state index in [9.17, 15) is 18.0 Å². The van der Waals surface area contributed by atoms with Crippen LogP contribution in [-0.2, 0) is 16.5 Å². The van der Waals surface area contributed by atoms with Crippen LogP contribution < -0.4 is 15.4 Å². The average molecular weight is 515 g/mol. The quantitative estimate of drug-likeness (QED) is 0.407. The molecule has 2 N–H and O–H groups in total. The van der Waals surface area contributed by atoms with Crippen molar-refractivity contribution >= 4 is 11.6 Å². The smallest absolute Gasteiger partial charge is 0.416 e. The molecule has 0 unspecified atom stereocenters. The highest BCUT2D eigenvalue weighted by Gasteiger charge is 2.41. The van der Waals surface area contributed by atoms with Crippen molar-refractivity contribution in [2.45, 2.75) is 76.9 Å². The Morgan fingerprint density at radius 1 is 1.11 bits per heavy atom. The van der Waals surface area contributed by atoms with Crippen molar-refractivity contribution in [1.82, 2.24) is 15.1 Å². The SMILES string of the molecule is CC(C)Oc1ccccc1NC(=O)[C@@H]1C[C@@H](c2ccn(C(C)(C)C)n2)[C@H](c2cccc(C(F)(F)F)c2)N1. The molecule has 0 radical (unpaired) electrons. The van der Waals surface area contributed by atoms with E-state index in [-0.39, 0.29) is 23.5 Å². The number of ether oxygens (including phenoxy) is 1. The molecular weight excluding hydrogens is 481 g/mol. The van der Waals surface area contributed by atoms with Crippen molar-refractivity contribution in [3.8, 4) is 5.75 Å². The number of hydrogen-bond acceptors (Lipinski definition) is 4. The molecule has 9 heteroatoms. The van der Waals surface area contributed by atoms with Crippen LogP contribution >= 0.6 is 0 Å². The molecule has 0 spiro atoms. The van der Waals surface area contributed by atoms with Crippen molar-refractivity contribution in [3.63, 3.8) is 0 Å². The molecule has 1 aromatic heterocycles. The minimum Gasteiger partial charge on any atom is -0.489 e. The molecule has 0 bridgehead atoms. The molecule has 1 aliphatic rings. The van der Waals surface area contributed by atoms with Gasteiger partial charge < -0.3 is 10.1 Å². The summed E-state index contributed by atoms with van der Waals surface area (Å²) in [5, 5.41) is 11.0. The number of nitrogens with one attached hydrogen (secondary N) is 2. The first kappa shape index (κ1) is 26.7. The normalized spacial score (nSPS) is 20.3. The molecule has 37 heavy (non-hydrogen) atoms. The first-order chi connectivity index (χ1) is 17.3. The highest BCUT2D eigenvalue weighted by atomic mass is 19.4. The number of carbonyl (C=O) groups excluding carboxylic acids is 1. The van der Waals surface area contributed by atoms with Gasteiger partial charge in [0.2, 0.25) is 5.91 Å². The Labute approximate surface area is 215 Å². The van der Waals surface area contributed by atoms with Gasteiger partial charge in [-0.25, -0.2) is 0 Å². The number of hydrogen-bond donors (Lipinski definition) is 2. The average Bonchev–Trinajstić information content (AvgIpc) is 3.47. The first-order valence-corrected chi connectivity index (χ1v) is 12.4. The Morgan fingerprint density at radius 2 is 1.84 bits per heavy atom. The predicted molar refractivity (Wildman–Crippen MR) is 137 cm³/mol. The number of halogens is 3. The molecule has 3 aromatic rings. The largest absolute Gasteiger partial charge is 0.489 e. The number of amides is 1. The Kier molecular flexibility index (Phi) is 7.37. The lowest BCUT2D eigenvalue weighted by molar-refractivity contribution is -0.137. The van der Waals surface area contributed by atoms with Crippen molar-refractivity contribution in [2.24, 2.45) is 0 Å². The minimum atomic E-state index is -4.46. The van der Waals surface area contributed by atoms with Crippen LogP contribution in [0.1, 0.15) is 69.8 Å². The summed E-state index contributed by atoms with van der Waals surface area (Å²) in [6.45, 7) is 9.87. The van der Waals surface area contributed by atoms with E-state index >= 15 is 0 Å². The third kappa shape index (κ3) is 6.15. The molecule has 1 saturated heterocycles. The zero-order valence-corrected chi connectivity index (χ0v) is 21.6. The molecule has 1 amide bonds. The van der Waals surface area contributed by atoms with Gasteiger partial charge in [0.25, 0.3) is 0 Å². The van der Waals surface area contributed by atoms with Gasteiger partial charge >= 0.3 is 6.18 Å². The Balaban J connectivity index is 1.64. The second kappa shape index (κ2) is 10.2. The molecule has 2 heterocycles. The van der Waals surface area contributed by atoms with Crippen LogP contribution in [0.3, 0.4) is 0 Å². The highest BCUT2D eigenvalue weighted by Crippen LogP contribution is 2.42. The van der Waals surface area contributed by atoms with Gasteiger partial charge in [0.1, 0.15) is 5.75 Å². The number of aromatic nitrogens is 2. The maximum absolute atomic E-state index is 13.5. The predicted octanol–water partition coefficient (Wildman–Crippen LogP) is 6.27. The lowest BCUT2D eigenvalue weighted by atomic mass is 9.90. The van der Waals surface area contributed by atoms with E-state index in [1.165, 1.54) is 6.07 Å². The number of rotatable bonds is 6. The highest BCUT2D eigenvalue weighted by molar-refractivity contribution is 5.96. The Hall–Kier alpha value is -3.33. The summed E-state index contributed by atoms with van der Waals surface area (Å²) in [7, 11) is 0. The van der Waals surface area contributed by atoms with Gasteiger partial charge in [0.05, 0.1) is 34.6 Å². The lowest BCUT2D eigenvalue weighted by Crippen LogP contribution is -2.36. The van der Waals surface area contributed by atoms with Gasteiger partial charge in [-0.05, 0) is 76.9 Å². The summed E-state index contributed by atoms with van der Waals surface area (Å²) in [5.74, 6) is -0.0294. The van der Waals surface area contributed by atoms with E-state index in [4.69, 9.17) is 9.84 Å². The summed E-state index contributed by atoms with van der Waals surface area (Å²) in [5.41, 5.74) is 0.748. The van der Waals surface area contributed by atoms with Gasteiger partial charge in [0, 0.05) is 18.2 Å². The fourth-order valence-corrected chi connectivity index (χ4v) is 4.56. The van der Waals surface area contributed by atoms with Crippen LogP contribution in [-0.4, -0.2) is 27.8 Å². The molecule has 1 fully saturated rings. The second-order valence-electron chi connectivity index (χ2n) is 10.7. The van der Waals surface area contributed by atoms with Gasteiger partial charge in [-0.2, -0.15) is 18.3 Å². The molecule has 4 rings (SSSR count). The third-order valence-electron chi connectivity index (χ3n) is 6.35. The van der Waals surface area contributed by atoms with E-state index in [1.807, 2.05) is 57.6 Å². The van der Waals surface area contributed by atoms with Crippen molar-refractivity contribution < 1.29 is 22.7 Å². The number of nitrogens with zero attached hydrogens (tertiary/aromatic N) is 2. The van der Waals surface area contributed by atoms with E-state index in [2.05, 4.69) is 10.6 Å². The van der Waals surface area contributed by atoms with Crippen molar-refractivity contribution in [2.75, 3.05) is 5.32 Å². The van der Waals surface area contributed by atoms with Gasteiger partial charge in [-0.1, -0.05) is 24.3 Å². The van der Waals surface area contributed by atoms with Crippen LogP contribution in [0.15, 0.2) is 60.8 Å². The van der Waals surface area contributed by atoms with Gasteiger partial charge in [0.15, 0.2) is 0 Å². The van der Waals surface area contributed by atoms with E-state index in [0.717, 1.165) is 17.8 Å². The number of carbonyl (C=O) groups is 1. The van der Waals surface area contributed by atoms with E-state index in [1.54, 1.807) is 24.3 Å². The van der Waals surface area contributed by atoms with E-state index < -0.39 is 23.8 Å². The fraction of sp³-hybridized carbons (Fsp3) is 0.429. The first-order valence-electron chi connectivity index (χ1n) is 12.4. The zero-order valence-electron chi connectivity index (χ0n) is 21.6. The topological polar surface area (TPSA) is 68.2 Å². The summed E-state index contributed by atoms with van der Waals surface area (Å²) in [4.78, 5) is 13.4. The molecule has 0 saturated carbocycles. The van der Waals surface area contributed by atoms with E-state index in [0.29, 0.717) is 23.4 Å². The zero-order chi connectivity index (χ0) is 27.0. The summed E-state index contributed by atoms with van der Waals surface area (Å²) >= 11 is 0. The lowest BCUT2D eigenvalue weighted by Gasteiger charge is -2.21. The molecule has 6 nitrogen and oxygen atoms in total. The monoisotopic (exact) mass is 514 g/mol. The maximum Gasteiger partial charge on any atom is 0.416 e. The number of benzene rings is 2. The molecule has 3 atom stereocenters. The van der Waals surface area contributed by atoms with Crippen molar-refractivity contribution in [3.05, 3.63) is 77.6 Å². The molecule has 198 valence electrons. The Bertz CT molecular complexity index is 1250.